The maximum absolute atomic E-state index is 11.7. The number of hydrogen-bond donors (Lipinski definition) is 2. The van der Waals surface area contributed by atoms with Crippen LogP contribution in [0.3, 0.4) is 0 Å². The second kappa shape index (κ2) is 4.61. The average molecular weight is 306 g/mol. The standard InChI is InChI=1S/C17H10N2O4/c20-14-10-3-1-8(6-12(10)16(22)18-14)5-9-2-4-11-13(7-9)17(23)19-15(11)21/h1-4,6-7H,5H2,(H,18,20,22)(H,19,21,23). The highest BCUT2D eigenvalue weighted by Gasteiger charge is 2.28. The van der Waals surface area contributed by atoms with Gasteiger partial charge in [-0.05, 0) is 41.8 Å². The number of nitrogens with one attached hydrogen (secondary N) is 2. The van der Waals surface area contributed by atoms with Crippen LogP contribution in [0.4, 0.5) is 0 Å². The Morgan fingerprint density at radius 3 is 1.39 bits per heavy atom. The van der Waals surface area contributed by atoms with Crippen LogP contribution in [0.25, 0.3) is 0 Å². The first-order valence-electron chi connectivity index (χ1n) is 7.00. The fraction of sp³-hybridized carbons (Fsp3) is 0.0588. The van der Waals surface area contributed by atoms with E-state index in [1.54, 1.807) is 36.4 Å². The molecule has 0 aromatic heterocycles. The van der Waals surface area contributed by atoms with Crippen LogP contribution >= 0.6 is 0 Å². The van der Waals surface area contributed by atoms with Crippen LogP contribution in [-0.4, -0.2) is 23.6 Å². The van der Waals surface area contributed by atoms with Gasteiger partial charge in [-0.2, -0.15) is 0 Å². The molecule has 2 aliphatic heterocycles. The first kappa shape index (κ1) is 13.4. The zero-order valence-electron chi connectivity index (χ0n) is 11.8. The molecule has 0 spiro atoms. The molecule has 112 valence electrons. The third-order valence-electron chi connectivity index (χ3n) is 4.01. The third kappa shape index (κ3) is 2.03. The number of carbonyl (C=O) groups is 4. The summed E-state index contributed by atoms with van der Waals surface area (Å²) in [5.41, 5.74) is 3.16. The molecule has 4 rings (SSSR count). The maximum Gasteiger partial charge on any atom is 0.258 e. The van der Waals surface area contributed by atoms with Crippen LogP contribution in [0, 0.1) is 0 Å². The highest BCUT2D eigenvalue weighted by molar-refractivity contribution is 6.22. The predicted octanol–water partition coefficient (Wildman–Crippen LogP) is 1.04. The normalized spacial score (nSPS) is 15.3. The van der Waals surface area contributed by atoms with E-state index < -0.39 is 11.8 Å². The summed E-state index contributed by atoms with van der Waals surface area (Å²) < 4.78 is 0. The number of amides is 4. The summed E-state index contributed by atoms with van der Waals surface area (Å²) in [6, 6.07) is 10.1. The largest absolute Gasteiger partial charge is 0.288 e. The van der Waals surface area contributed by atoms with Gasteiger partial charge in [0.25, 0.3) is 23.6 Å². The third-order valence-corrected chi connectivity index (χ3v) is 4.01. The second-order valence-electron chi connectivity index (χ2n) is 5.50. The molecule has 2 N–H and O–H groups in total. The summed E-state index contributed by atoms with van der Waals surface area (Å²) in [5.74, 6) is -1.56. The van der Waals surface area contributed by atoms with E-state index in [1.807, 2.05) is 0 Å². The number of hydrogen-bond acceptors (Lipinski definition) is 4. The van der Waals surface area contributed by atoms with Crippen molar-refractivity contribution in [2.45, 2.75) is 6.42 Å². The lowest BCUT2D eigenvalue weighted by atomic mass is 9.98. The van der Waals surface area contributed by atoms with Gasteiger partial charge in [-0.25, -0.2) is 0 Å². The van der Waals surface area contributed by atoms with Gasteiger partial charge in [0.15, 0.2) is 0 Å². The van der Waals surface area contributed by atoms with Crippen molar-refractivity contribution in [3.8, 4) is 0 Å². The lowest BCUT2D eigenvalue weighted by Crippen LogP contribution is -2.19. The molecule has 2 aromatic rings. The van der Waals surface area contributed by atoms with E-state index in [9.17, 15) is 19.2 Å². The second-order valence-corrected chi connectivity index (χ2v) is 5.50. The summed E-state index contributed by atoms with van der Waals surface area (Å²) in [5, 5.41) is 4.50. The van der Waals surface area contributed by atoms with Crippen LogP contribution in [0.5, 0.6) is 0 Å². The van der Waals surface area contributed by atoms with Gasteiger partial charge in [0.1, 0.15) is 0 Å². The Balaban J connectivity index is 1.68. The Hall–Kier alpha value is -3.28. The highest BCUT2D eigenvalue weighted by atomic mass is 16.2. The lowest BCUT2D eigenvalue weighted by Gasteiger charge is -2.05. The number of carbonyl (C=O) groups excluding carboxylic acids is 4. The number of benzene rings is 2. The summed E-state index contributed by atoms with van der Waals surface area (Å²) in [7, 11) is 0. The summed E-state index contributed by atoms with van der Waals surface area (Å²) in [6.07, 6.45) is 0.490. The van der Waals surface area contributed by atoms with Gasteiger partial charge in [-0.1, -0.05) is 12.1 Å². The van der Waals surface area contributed by atoms with Gasteiger partial charge in [0.05, 0.1) is 22.3 Å². The van der Waals surface area contributed by atoms with Gasteiger partial charge in [0.2, 0.25) is 0 Å². The molecule has 2 aliphatic rings. The first-order chi connectivity index (χ1) is 11.0. The SMILES string of the molecule is O=C1NC(=O)c2cc(Cc3ccc4c(c3)C(=O)NC4=O)ccc21. The molecule has 0 saturated heterocycles. The molecular weight excluding hydrogens is 296 g/mol. The van der Waals surface area contributed by atoms with Crippen molar-refractivity contribution in [3.63, 3.8) is 0 Å². The van der Waals surface area contributed by atoms with Crippen molar-refractivity contribution in [2.24, 2.45) is 0 Å². The van der Waals surface area contributed by atoms with Crippen LogP contribution in [0.1, 0.15) is 52.6 Å². The van der Waals surface area contributed by atoms with Gasteiger partial charge >= 0.3 is 0 Å². The minimum atomic E-state index is -0.397. The predicted molar refractivity (Wildman–Crippen MR) is 79.3 cm³/mol. The maximum atomic E-state index is 11.7. The quantitative estimate of drug-likeness (QED) is 0.811. The van der Waals surface area contributed by atoms with Crippen molar-refractivity contribution in [2.75, 3.05) is 0 Å². The lowest BCUT2D eigenvalue weighted by molar-refractivity contribution is 0.0863. The van der Waals surface area contributed by atoms with Gasteiger partial charge in [-0.15, -0.1) is 0 Å². The van der Waals surface area contributed by atoms with Crippen molar-refractivity contribution in [1.29, 1.82) is 0 Å². The molecular formula is C17H10N2O4. The summed E-state index contributed by atoms with van der Waals surface area (Å²) >= 11 is 0. The highest BCUT2D eigenvalue weighted by Crippen LogP contribution is 2.22. The monoisotopic (exact) mass is 306 g/mol. The molecule has 0 saturated carbocycles. The Kier molecular flexibility index (Phi) is 2.68. The minimum Gasteiger partial charge on any atom is -0.288 e. The van der Waals surface area contributed by atoms with Gasteiger partial charge in [0, 0.05) is 0 Å². The van der Waals surface area contributed by atoms with Crippen LogP contribution in [0.15, 0.2) is 36.4 Å². The van der Waals surface area contributed by atoms with Crippen LogP contribution in [0.2, 0.25) is 0 Å². The molecule has 2 aromatic carbocycles. The first-order valence-corrected chi connectivity index (χ1v) is 7.00. The fourth-order valence-electron chi connectivity index (χ4n) is 2.89. The molecule has 6 nitrogen and oxygen atoms in total. The number of fused-ring (bicyclic) bond motifs is 2. The van der Waals surface area contributed by atoms with E-state index >= 15 is 0 Å². The molecule has 0 atom stereocenters. The van der Waals surface area contributed by atoms with Crippen molar-refractivity contribution >= 4 is 23.6 Å². The van der Waals surface area contributed by atoms with Crippen molar-refractivity contribution in [1.82, 2.24) is 10.6 Å². The molecule has 23 heavy (non-hydrogen) atoms. The Bertz CT molecular complexity index is 855. The summed E-state index contributed by atoms with van der Waals surface area (Å²) in [4.78, 5) is 46.4. The molecule has 0 bridgehead atoms. The Morgan fingerprint density at radius 1 is 0.565 bits per heavy atom. The molecule has 6 heteroatoms. The van der Waals surface area contributed by atoms with E-state index in [0.717, 1.165) is 11.1 Å². The van der Waals surface area contributed by atoms with E-state index in [-0.39, 0.29) is 11.8 Å². The van der Waals surface area contributed by atoms with E-state index in [1.165, 1.54) is 0 Å². The van der Waals surface area contributed by atoms with E-state index in [2.05, 4.69) is 10.6 Å². The smallest absolute Gasteiger partial charge is 0.258 e. The number of rotatable bonds is 2. The fourth-order valence-corrected chi connectivity index (χ4v) is 2.89. The van der Waals surface area contributed by atoms with Crippen molar-refractivity contribution in [3.05, 3.63) is 69.8 Å². The Morgan fingerprint density at radius 2 is 0.957 bits per heavy atom. The number of imide groups is 2. The van der Waals surface area contributed by atoms with Crippen LogP contribution in [-0.2, 0) is 6.42 Å². The molecule has 2 heterocycles. The average Bonchev–Trinajstić information content (AvgIpc) is 2.96. The molecule has 0 fully saturated rings. The topological polar surface area (TPSA) is 92.3 Å². The molecule has 0 radical (unpaired) electrons. The minimum absolute atomic E-state index is 0.363. The Labute approximate surface area is 130 Å². The summed E-state index contributed by atoms with van der Waals surface area (Å²) in [6.45, 7) is 0. The van der Waals surface area contributed by atoms with Crippen LogP contribution < -0.4 is 10.6 Å². The van der Waals surface area contributed by atoms with E-state index in [4.69, 9.17) is 0 Å². The molecule has 0 unspecified atom stereocenters. The zero-order chi connectivity index (χ0) is 16.1. The van der Waals surface area contributed by atoms with Crippen molar-refractivity contribution < 1.29 is 19.2 Å². The zero-order valence-corrected chi connectivity index (χ0v) is 11.8. The van der Waals surface area contributed by atoms with E-state index in [0.29, 0.717) is 28.7 Å². The van der Waals surface area contributed by atoms with Gasteiger partial charge < -0.3 is 0 Å². The van der Waals surface area contributed by atoms with Gasteiger partial charge in [-0.3, -0.25) is 29.8 Å². The molecule has 0 aliphatic carbocycles. The molecule has 4 amide bonds.